The van der Waals surface area contributed by atoms with E-state index in [2.05, 4.69) is 22.4 Å². The number of hydrogen-bond acceptors (Lipinski definition) is 9. The van der Waals surface area contributed by atoms with Gasteiger partial charge in [0.2, 0.25) is 0 Å². The lowest BCUT2D eigenvalue weighted by Gasteiger charge is -2.19. The number of aryl methyl sites for hydroxylation is 1. The normalized spacial score (nSPS) is 14.7. The smallest absolute Gasteiger partial charge is 0.269 e. The van der Waals surface area contributed by atoms with Gasteiger partial charge in [0.1, 0.15) is 42.0 Å². The molecule has 1 amide bonds. The van der Waals surface area contributed by atoms with Crippen LogP contribution < -0.4 is 20.5 Å². The lowest BCUT2D eigenvalue weighted by Crippen LogP contribution is -2.27. The molecule has 1 atom stereocenters. The summed E-state index contributed by atoms with van der Waals surface area (Å²) in [5.41, 5.74) is 15.6. The summed E-state index contributed by atoms with van der Waals surface area (Å²) in [6, 6.07) is 36.9. The first-order chi connectivity index (χ1) is 27.0. The molecule has 11 nitrogen and oxygen atoms in total. The number of methoxy groups -OCH3 is 1. The molecule has 1 aliphatic carbocycles. The van der Waals surface area contributed by atoms with Gasteiger partial charge in [-0.05, 0) is 96.3 Å². The zero-order valence-corrected chi connectivity index (χ0v) is 29.9. The molecule has 0 radical (unpaired) electrons. The number of benzene rings is 4. The van der Waals surface area contributed by atoms with Crippen LogP contribution in [0.2, 0.25) is 0 Å². The van der Waals surface area contributed by atoms with Gasteiger partial charge >= 0.3 is 0 Å². The van der Waals surface area contributed by atoms with E-state index in [1.807, 2.05) is 89.5 Å². The van der Waals surface area contributed by atoms with Crippen molar-refractivity contribution < 1.29 is 23.7 Å². The number of nitrogens with one attached hydrogen (secondary N) is 1. The number of nitrogen functional groups attached to an aromatic ring is 1. The Labute approximate surface area is 317 Å². The fourth-order valence-electron chi connectivity index (χ4n) is 7.17. The summed E-state index contributed by atoms with van der Waals surface area (Å²) in [4.78, 5) is 28.3. The van der Waals surface area contributed by atoms with Crippen LogP contribution in [0.4, 0.5) is 5.82 Å². The summed E-state index contributed by atoms with van der Waals surface area (Å²) in [6.07, 6.45) is 5.44. The first kappa shape index (κ1) is 33.7. The Kier molecular flexibility index (Phi) is 8.79. The Morgan fingerprint density at radius 3 is 2.53 bits per heavy atom. The molecular weight excluding hydrogens is 693 g/mol. The molecule has 3 N–H and O–H groups in total. The second-order valence-electron chi connectivity index (χ2n) is 13.3. The van der Waals surface area contributed by atoms with Crippen LogP contribution in [0, 0.1) is 0 Å². The van der Waals surface area contributed by atoms with Crippen molar-refractivity contribution in [2.24, 2.45) is 0 Å². The number of rotatable bonds is 10. The van der Waals surface area contributed by atoms with Gasteiger partial charge in [-0.3, -0.25) is 9.36 Å². The van der Waals surface area contributed by atoms with E-state index in [0.29, 0.717) is 46.3 Å². The molecule has 4 aromatic carbocycles. The van der Waals surface area contributed by atoms with Gasteiger partial charge in [-0.1, -0.05) is 48.5 Å². The average Bonchev–Trinajstić information content (AvgIpc) is 4.00. The highest BCUT2D eigenvalue weighted by atomic mass is 16.7. The topological polar surface area (TPSA) is 136 Å². The van der Waals surface area contributed by atoms with E-state index < -0.39 is 6.29 Å². The van der Waals surface area contributed by atoms with Gasteiger partial charge < -0.3 is 30.0 Å². The monoisotopic (exact) mass is 728 g/mol. The minimum atomic E-state index is -0.728. The van der Waals surface area contributed by atoms with E-state index in [-0.39, 0.29) is 11.9 Å². The van der Waals surface area contributed by atoms with Gasteiger partial charge in [0.25, 0.3) is 12.2 Å². The van der Waals surface area contributed by atoms with Crippen molar-refractivity contribution in [2.75, 3.05) is 12.8 Å². The van der Waals surface area contributed by atoms with Crippen molar-refractivity contribution in [3.8, 4) is 39.8 Å². The number of amides is 1. The number of pyridine rings is 2. The van der Waals surface area contributed by atoms with E-state index >= 15 is 0 Å². The van der Waals surface area contributed by atoms with E-state index in [1.54, 1.807) is 31.5 Å². The molecule has 3 aromatic heterocycles. The summed E-state index contributed by atoms with van der Waals surface area (Å²) in [5, 5.41) is 3.27. The first-order valence-electron chi connectivity index (χ1n) is 18.0. The number of anilines is 1. The van der Waals surface area contributed by atoms with Gasteiger partial charge in [-0.2, -0.15) is 0 Å². The van der Waals surface area contributed by atoms with Gasteiger partial charge in [0.05, 0.1) is 30.0 Å². The zero-order valence-electron chi connectivity index (χ0n) is 29.9. The van der Waals surface area contributed by atoms with Crippen LogP contribution in [0.3, 0.4) is 0 Å². The first-order valence-corrected chi connectivity index (χ1v) is 18.0. The van der Waals surface area contributed by atoms with Crippen molar-refractivity contribution >= 4 is 22.9 Å². The number of hydrogen-bond donors (Lipinski definition) is 2. The fourth-order valence-corrected chi connectivity index (χ4v) is 7.17. The third-order valence-corrected chi connectivity index (χ3v) is 9.96. The molecule has 0 spiro atoms. The number of fused-ring (bicyclic) bond motifs is 2. The van der Waals surface area contributed by atoms with E-state index in [1.165, 1.54) is 12.5 Å². The Hall–Kier alpha value is -7.14. The minimum absolute atomic E-state index is 0.178. The molecule has 9 rings (SSSR count). The lowest BCUT2D eigenvalue weighted by molar-refractivity contribution is -0.0266. The summed E-state index contributed by atoms with van der Waals surface area (Å²) in [7, 11) is 1.63. The van der Waals surface area contributed by atoms with Crippen LogP contribution in [0.25, 0.3) is 39.5 Å². The number of imidazole rings is 1. The second kappa shape index (κ2) is 14.4. The third kappa shape index (κ3) is 6.56. The highest BCUT2D eigenvalue weighted by Gasteiger charge is 2.28. The van der Waals surface area contributed by atoms with Crippen molar-refractivity contribution in [1.29, 1.82) is 0 Å². The Bertz CT molecular complexity index is 2560. The highest BCUT2D eigenvalue weighted by molar-refractivity contribution is 5.95. The third-order valence-electron chi connectivity index (χ3n) is 9.96. The molecule has 7 aromatic rings. The van der Waals surface area contributed by atoms with Gasteiger partial charge in [-0.25, -0.2) is 15.0 Å². The molecule has 0 saturated heterocycles. The SMILES string of the molecule is COc1ccc(COc2ccc(C(=O)N[C@@H]3CCc4cc(-n5c(-c6cccnc6N)nc6ccc(-c7ccccc7)nc65)ccc43)cc2C2OC=CO2)cc1. The molecule has 0 bridgehead atoms. The Morgan fingerprint density at radius 2 is 1.73 bits per heavy atom. The zero-order chi connectivity index (χ0) is 37.3. The number of nitrogens with two attached hydrogens (primary N) is 1. The highest BCUT2D eigenvalue weighted by Crippen LogP contribution is 2.38. The molecule has 2 aliphatic rings. The van der Waals surface area contributed by atoms with E-state index in [0.717, 1.165) is 57.7 Å². The maximum Gasteiger partial charge on any atom is 0.269 e. The van der Waals surface area contributed by atoms with E-state index in [4.69, 9.17) is 34.6 Å². The summed E-state index contributed by atoms with van der Waals surface area (Å²) in [6.45, 7) is 0.319. The maximum absolute atomic E-state index is 13.8. The number of ether oxygens (including phenoxy) is 4. The number of carbonyl (C=O) groups is 1. The summed E-state index contributed by atoms with van der Waals surface area (Å²) >= 11 is 0. The van der Waals surface area contributed by atoms with Gasteiger partial charge in [0.15, 0.2) is 11.5 Å². The molecule has 0 unspecified atom stereocenters. The van der Waals surface area contributed by atoms with E-state index in [9.17, 15) is 4.79 Å². The lowest BCUT2D eigenvalue weighted by atomic mass is 10.0. The largest absolute Gasteiger partial charge is 0.497 e. The second-order valence-corrected chi connectivity index (χ2v) is 13.3. The van der Waals surface area contributed by atoms with Gasteiger partial charge in [-0.15, -0.1) is 0 Å². The Morgan fingerprint density at radius 1 is 0.891 bits per heavy atom. The average molecular weight is 729 g/mol. The summed E-state index contributed by atoms with van der Waals surface area (Å²) < 4.78 is 24.8. The van der Waals surface area contributed by atoms with Crippen molar-refractivity contribution in [3.05, 3.63) is 162 Å². The predicted octanol–water partition coefficient (Wildman–Crippen LogP) is 8.25. The summed E-state index contributed by atoms with van der Waals surface area (Å²) in [5.74, 6) is 2.16. The molecule has 4 heterocycles. The molecule has 0 fully saturated rings. The standard InChI is InChI=1S/C44H36N6O5/c1-52-32-14-9-27(10-15-32)26-55-39-20-12-30(25-35(39)44-53-22-23-54-44)43(51)49-37-17-11-29-24-31(13-16-33(29)37)50-41(34-8-5-21-46-40(34)45)48-38-19-18-36(47-42(38)50)28-6-3-2-4-7-28/h2-10,12-16,18-25,37,44H,11,17,26H2,1H3,(H2,45,46)(H,49,51)/t37-/m1/s1. The predicted molar refractivity (Wildman–Crippen MR) is 208 cm³/mol. The van der Waals surface area contributed by atoms with Crippen molar-refractivity contribution in [1.82, 2.24) is 24.8 Å². The Balaban J connectivity index is 0.997. The molecule has 272 valence electrons. The molecule has 1 aliphatic heterocycles. The van der Waals surface area contributed by atoms with Crippen LogP contribution in [-0.2, 0) is 22.5 Å². The number of carbonyl (C=O) groups excluding carboxylic acids is 1. The number of aromatic nitrogens is 4. The van der Waals surface area contributed by atoms with Crippen molar-refractivity contribution in [3.63, 3.8) is 0 Å². The van der Waals surface area contributed by atoms with Crippen molar-refractivity contribution in [2.45, 2.75) is 31.8 Å². The van der Waals surface area contributed by atoms with Gasteiger partial charge in [0, 0.05) is 23.0 Å². The van der Waals surface area contributed by atoms with Crippen LogP contribution in [-0.4, -0.2) is 32.5 Å². The molecular formula is C44H36N6O5. The quantitative estimate of drug-likeness (QED) is 0.143. The van der Waals surface area contributed by atoms with Crippen LogP contribution in [0.1, 0.15) is 51.4 Å². The maximum atomic E-state index is 13.8. The van der Waals surface area contributed by atoms with Crippen LogP contribution in [0.5, 0.6) is 11.5 Å². The molecule has 11 heteroatoms. The molecule has 55 heavy (non-hydrogen) atoms. The fraction of sp³-hybridized carbons (Fsp3) is 0.136. The molecule has 0 saturated carbocycles. The minimum Gasteiger partial charge on any atom is -0.497 e. The van der Waals surface area contributed by atoms with Crippen LogP contribution in [0.15, 0.2) is 134 Å². The van der Waals surface area contributed by atoms with Crippen LogP contribution >= 0.6 is 0 Å². The number of nitrogens with zero attached hydrogens (tertiary/aromatic N) is 4.